The van der Waals surface area contributed by atoms with Gasteiger partial charge in [-0.3, -0.25) is 4.79 Å². The van der Waals surface area contributed by atoms with Gasteiger partial charge in [-0.1, -0.05) is 43.0 Å². The van der Waals surface area contributed by atoms with Crippen LogP contribution in [0.3, 0.4) is 0 Å². The molecule has 0 aliphatic heterocycles. The Morgan fingerprint density at radius 3 is 2.56 bits per heavy atom. The molecule has 4 nitrogen and oxygen atoms in total. The first-order valence-corrected chi connectivity index (χ1v) is 9.63. The molecule has 1 amide bonds. The van der Waals surface area contributed by atoms with Crippen molar-refractivity contribution in [2.45, 2.75) is 38.1 Å². The van der Waals surface area contributed by atoms with E-state index in [4.69, 9.17) is 17.3 Å². The second kappa shape index (κ2) is 8.11. The smallest absolute Gasteiger partial charge is 0.256 e. The van der Waals surface area contributed by atoms with E-state index in [1.54, 1.807) is 12.1 Å². The summed E-state index contributed by atoms with van der Waals surface area (Å²) >= 11 is 9.68. The highest BCUT2D eigenvalue weighted by molar-refractivity contribution is 9.10. The van der Waals surface area contributed by atoms with E-state index in [2.05, 4.69) is 26.6 Å². The maximum Gasteiger partial charge on any atom is 0.256 e. The first-order valence-electron chi connectivity index (χ1n) is 8.46. The summed E-state index contributed by atoms with van der Waals surface area (Å²) < 4.78 is 0.736. The SMILES string of the molecule is Nc1cc(Cl)c(NC(=O)c2ccccc2Br)cc1NC1CCCCC1. The lowest BCUT2D eigenvalue weighted by Crippen LogP contribution is -2.23. The minimum Gasteiger partial charge on any atom is -0.397 e. The Balaban J connectivity index is 1.80. The molecule has 25 heavy (non-hydrogen) atoms. The van der Waals surface area contributed by atoms with Crippen molar-refractivity contribution in [3.05, 3.63) is 51.5 Å². The van der Waals surface area contributed by atoms with Crippen LogP contribution in [0, 0.1) is 0 Å². The van der Waals surface area contributed by atoms with Gasteiger partial charge in [0.15, 0.2) is 0 Å². The van der Waals surface area contributed by atoms with Crippen molar-refractivity contribution in [2.75, 3.05) is 16.4 Å². The molecule has 0 unspecified atom stereocenters. The molecular formula is C19H21BrClN3O. The lowest BCUT2D eigenvalue weighted by Gasteiger charge is -2.25. The molecule has 0 saturated heterocycles. The van der Waals surface area contributed by atoms with E-state index in [0.29, 0.717) is 28.0 Å². The van der Waals surface area contributed by atoms with Crippen LogP contribution in [-0.4, -0.2) is 11.9 Å². The quantitative estimate of drug-likeness (QED) is 0.555. The van der Waals surface area contributed by atoms with E-state index >= 15 is 0 Å². The van der Waals surface area contributed by atoms with Crippen molar-refractivity contribution in [3.8, 4) is 0 Å². The Labute approximate surface area is 161 Å². The van der Waals surface area contributed by atoms with Gasteiger partial charge in [-0.25, -0.2) is 0 Å². The van der Waals surface area contributed by atoms with Crippen LogP contribution in [0.1, 0.15) is 42.5 Å². The summed E-state index contributed by atoms with van der Waals surface area (Å²) in [7, 11) is 0. The number of hydrogen-bond donors (Lipinski definition) is 3. The predicted octanol–water partition coefficient (Wildman–Crippen LogP) is 5.68. The number of nitrogens with two attached hydrogens (primary N) is 1. The summed E-state index contributed by atoms with van der Waals surface area (Å²) in [6.45, 7) is 0. The van der Waals surface area contributed by atoms with Crippen LogP contribution in [0.25, 0.3) is 0 Å². The monoisotopic (exact) mass is 421 g/mol. The number of anilines is 3. The average molecular weight is 423 g/mol. The molecule has 3 rings (SSSR count). The fraction of sp³-hybridized carbons (Fsp3) is 0.316. The van der Waals surface area contributed by atoms with Gasteiger partial charge in [0.25, 0.3) is 5.91 Å². The summed E-state index contributed by atoms with van der Waals surface area (Å²) in [5, 5.41) is 6.80. The molecular weight excluding hydrogens is 402 g/mol. The largest absolute Gasteiger partial charge is 0.397 e. The van der Waals surface area contributed by atoms with E-state index in [0.717, 1.165) is 23.0 Å². The fourth-order valence-electron chi connectivity index (χ4n) is 3.11. The molecule has 0 atom stereocenters. The number of carbonyl (C=O) groups is 1. The van der Waals surface area contributed by atoms with Crippen LogP contribution in [0.2, 0.25) is 5.02 Å². The van der Waals surface area contributed by atoms with Crippen molar-refractivity contribution in [1.82, 2.24) is 0 Å². The fourth-order valence-corrected chi connectivity index (χ4v) is 3.80. The molecule has 0 bridgehead atoms. The zero-order valence-electron chi connectivity index (χ0n) is 13.8. The van der Waals surface area contributed by atoms with E-state index in [9.17, 15) is 4.79 Å². The minimum absolute atomic E-state index is 0.220. The maximum absolute atomic E-state index is 12.5. The van der Waals surface area contributed by atoms with Crippen molar-refractivity contribution >= 4 is 50.5 Å². The van der Waals surface area contributed by atoms with Gasteiger partial charge in [0.05, 0.1) is 27.6 Å². The highest BCUT2D eigenvalue weighted by Crippen LogP contribution is 2.33. The summed E-state index contributed by atoms with van der Waals surface area (Å²) in [4.78, 5) is 12.5. The zero-order chi connectivity index (χ0) is 17.8. The highest BCUT2D eigenvalue weighted by Gasteiger charge is 2.17. The number of benzene rings is 2. The summed E-state index contributed by atoms with van der Waals surface area (Å²) in [5.74, 6) is -0.220. The Hall–Kier alpha value is -1.72. The Morgan fingerprint density at radius 1 is 1.12 bits per heavy atom. The molecule has 0 heterocycles. The van der Waals surface area contributed by atoms with Gasteiger partial charge < -0.3 is 16.4 Å². The third kappa shape index (κ3) is 4.47. The van der Waals surface area contributed by atoms with Gasteiger partial charge in [-0.15, -0.1) is 0 Å². The molecule has 1 saturated carbocycles. The third-order valence-corrected chi connectivity index (χ3v) is 5.47. The molecule has 4 N–H and O–H groups in total. The first kappa shape index (κ1) is 18.1. The molecule has 6 heteroatoms. The lowest BCUT2D eigenvalue weighted by molar-refractivity contribution is 0.102. The second-order valence-electron chi connectivity index (χ2n) is 6.33. The van der Waals surface area contributed by atoms with E-state index in [-0.39, 0.29) is 5.91 Å². The predicted molar refractivity (Wildman–Crippen MR) is 108 cm³/mol. The number of carbonyl (C=O) groups excluding carboxylic acids is 1. The van der Waals surface area contributed by atoms with Crippen molar-refractivity contribution < 1.29 is 4.79 Å². The van der Waals surface area contributed by atoms with Crippen molar-refractivity contribution in [2.24, 2.45) is 0 Å². The minimum atomic E-state index is -0.220. The van der Waals surface area contributed by atoms with Gasteiger partial charge in [-0.05, 0) is 53.0 Å². The average Bonchev–Trinajstić information content (AvgIpc) is 2.60. The Kier molecular flexibility index (Phi) is 5.86. The van der Waals surface area contributed by atoms with Crippen molar-refractivity contribution in [1.29, 1.82) is 0 Å². The van der Waals surface area contributed by atoms with Gasteiger partial charge in [0.2, 0.25) is 0 Å². The Morgan fingerprint density at radius 2 is 1.84 bits per heavy atom. The number of halogens is 2. The zero-order valence-corrected chi connectivity index (χ0v) is 16.2. The normalized spacial score (nSPS) is 15.0. The number of amides is 1. The summed E-state index contributed by atoms with van der Waals surface area (Å²) in [6, 6.07) is 11.2. The molecule has 0 radical (unpaired) electrons. The highest BCUT2D eigenvalue weighted by atomic mass is 79.9. The summed E-state index contributed by atoms with van der Waals surface area (Å²) in [5.41, 5.74) is 8.62. The number of nitrogens with one attached hydrogen (secondary N) is 2. The van der Waals surface area contributed by atoms with Crippen LogP contribution in [0.4, 0.5) is 17.1 Å². The molecule has 1 aliphatic carbocycles. The molecule has 1 fully saturated rings. The standard InChI is InChI=1S/C19H21BrClN3O/c20-14-9-5-4-8-13(14)19(25)24-17-11-18(16(22)10-15(17)21)23-12-6-2-1-3-7-12/h4-5,8-12,23H,1-3,6-7,22H2,(H,24,25). The van der Waals surface area contributed by atoms with Crippen LogP contribution in [0.5, 0.6) is 0 Å². The van der Waals surface area contributed by atoms with Gasteiger partial charge in [0, 0.05) is 10.5 Å². The van der Waals surface area contributed by atoms with Crippen LogP contribution in [0.15, 0.2) is 40.9 Å². The van der Waals surface area contributed by atoms with E-state index in [1.165, 1.54) is 19.3 Å². The van der Waals surface area contributed by atoms with Gasteiger partial charge in [-0.2, -0.15) is 0 Å². The molecule has 0 aromatic heterocycles. The summed E-state index contributed by atoms with van der Waals surface area (Å²) in [6.07, 6.45) is 6.04. The maximum atomic E-state index is 12.5. The van der Waals surface area contributed by atoms with Crippen LogP contribution < -0.4 is 16.4 Å². The first-order chi connectivity index (χ1) is 12.0. The lowest BCUT2D eigenvalue weighted by atomic mass is 9.95. The van der Waals surface area contributed by atoms with Gasteiger partial charge >= 0.3 is 0 Å². The second-order valence-corrected chi connectivity index (χ2v) is 7.59. The number of nitrogen functional groups attached to an aromatic ring is 1. The topological polar surface area (TPSA) is 67.1 Å². The number of rotatable bonds is 4. The van der Waals surface area contributed by atoms with Crippen LogP contribution >= 0.6 is 27.5 Å². The molecule has 0 spiro atoms. The molecule has 132 valence electrons. The molecule has 2 aromatic rings. The van der Waals surface area contributed by atoms with E-state index in [1.807, 2.05) is 24.3 Å². The number of hydrogen-bond acceptors (Lipinski definition) is 3. The van der Waals surface area contributed by atoms with E-state index < -0.39 is 0 Å². The molecule has 1 aliphatic rings. The van der Waals surface area contributed by atoms with Crippen molar-refractivity contribution in [3.63, 3.8) is 0 Å². The molecule has 2 aromatic carbocycles. The third-order valence-electron chi connectivity index (χ3n) is 4.47. The Bertz CT molecular complexity index is 775. The van der Waals surface area contributed by atoms with Gasteiger partial charge in [0.1, 0.15) is 0 Å². The van der Waals surface area contributed by atoms with Crippen LogP contribution in [-0.2, 0) is 0 Å².